The van der Waals surface area contributed by atoms with E-state index in [1.165, 1.54) is 5.69 Å². The molecule has 0 amide bonds. The molecule has 0 aliphatic heterocycles. The molecule has 1 aromatic heterocycles. The maximum Gasteiger partial charge on any atom is 0.121 e. The van der Waals surface area contributed by atoms with Crippen LogP contribution in [0.2, 0.25) is 0 Å². The van der Waals surface area contributed by atoms with E-state index in [-0.39, 0.29) is 0 Å². The summed E-state index contributed by atoms with van der Waals surface area (Å²) in [5.74, 6) is 1.35. The lowest BCUT2D eigenvalue weighted by Gasteiger charge is -2.00. The molecule has 2 rings (SSSR count). The van der Waals surface area contributed by atoms with Gasteiger partial charge >= 0.3 is 0 Å². The summed E-state index contributed by atoms with van der Waals surface area (Å²) in [6, 6.07) is 0. The van der Waals surface area contributed by atoms with E-state index in [9.17, 15) is 0 Å². The molecular formula is C8H9ClN2. The molecule has 0 spiro atoms. The minimum absolute atomic E-state index is 0.473. The van der Waals surface area contributed by atoms with E-state index in [0.29, 0.717) is 5.88 Å². The molecular weight excluding hydrogens is 160 g/mol. The van der Waals surface area contributed by atoms with Crippen molar-refractivity contribution in [3.05, 3.63) is 23.3 Å². The van der Waals surface area contributed by atoms with E-state index < -0.39 is 0 Å². The van der Waals surface area contributed by atoms with Gasteiger partial charge in [0.25, 0.3) is 0 Å². The third-order valence-corrected chi connectivity index (χ3v) is 2.08. The third-order valence-electron chi connectivity index (χ3n) is 1.82. The Hall–Kier alpha value is -0.760. The molecule has 1 aliphatic rings. The average Bonchev–Trinajstić information content (AvgIpc) is 2.46. The van der Waals surface area contributed by atoms with Crippen LogP contribution in [0.5, 0.6) is 0 Å². The van der Waals surface area contributed by atoms with Crippen LogP contribution in [0.4, 0.5) is 0 Å². The molecule has 0 unspecified atom stereocenters. The minimum atomic E-state index is 0.473. The maximum atomic E-state index is 5.63. The first-order valence-electron chi connectivity index (χ1n) is 3.70. The van der Waals surface area contributed by atoms with Crippen LogP contribution < -0.4 is 0 Å². The number of aromatic amines is 1. The van der Waals surface area contributed by atoms with Gasteiger partial charge in [0, 0.05) is 5.69 Å². The Bertz CT molecular complexity index is 288. The molecule has 2 nitrogen and oxygen atoms in total. The normalized spacial score (nSPS) is 15.0. The number of aromatic nitrogens is 2. The first-order chi connectivity index (χ1) is 5.40. The first kappa shape index (κ1) is 6.92. The molecule has 0 fully saturated rings. The van der Waals surface area contributed by atoms with Gasteiger partial charge in [0.15, 0.2) is 0 Å². The number of alkyl halides is 1. The van der Waals surface area contributed by atoms with Crippen molar-refractivity contribution < 1.29 is 0 Å². The van der Waals surface area contributed by atoms with E-state index in [2.05, 4.69) is 16.0 Å². The number of hydrogen-bond donors (Lipinski definition) is 1. The van der Waals surface area contributed by atoms with Crippen molar-refractivity contribution in [1.29, 1.82) is 0 Å². The van der Waals surface area contributed by atoms with Gasteiger partial charge in [-0.3, -0.25) is 0 Å². The zero-order valence-corrected chi connectivity index (χ0v) is 6.86. The number of H-pyrrole nitrogens is 1. The molecule has 0 saturated heterocycles. The Kier molecular flexibility index (Phi) is 1.70. The highest BCUT2D eigenvalue weighted by molar-refractivity contribution is 6.16. The summed E-state index contributed by atoms with van der Waals surface area (Å²) in [6.07, 6.45) is 6.36. The molecule has 1 aliphatic carbocycles. The lowest BCUT2D eigenvalue weighted by molar-refractivity contribution is 0.936. The Morgan fingerprint density at radius 1 is 1.64 bits per heavy atom. The van der Waals surface area contributed by atoms with Crippen LogP contribution in [0, 0.1) is 0 Å². The second-order valence-electron chi connectivity index (χ2n) is 2.62. The fraction of sp³-hybridized carbons (Fsp3) is 0.375. The molecule has 0 saturated carbocycles. The summed E-state index contributed by atoms with van der Waals surface area (Å²) >= 11 is 5.63. The summed E-state index contributed by atoms with van der Waals surface area (Å²) in [4.78, 5) is 7.48. The summed E-state index contributed by atoms with van der Waals surface area (Å²) < 4.78 is 0. The van der Waals surface area contributed by atoms with Gasteiger partial charge in [-0.1, -0.05) is 6.08 Å². The van der Waals surface area contributed by atoms with Gasteiger partial charge in [-0.05, 0) is 18.9 Å². The first-order valence-corrected chi connectivity index (χ1v) is 4.24. The Labute approximate surface area is 70.3 Å². The third kappa shape index (κ3) is 1.18. The zero-order chi connectivity index (χ0) is 7.68. The lowest BCUT2D eigenvalue weighted by atomic mass is 10.1. The van der Waals surface area contributed by atoms with Crippen molar-refractivity contribution >= 4 is 17.7 Å². The van der Waals surface area contributed by atoms with Crippen LogP contribution >= 0.6 is 11.6 Å². The number of aryl methyl sites for hydroxylation is 1. The Morgan fingerprint density at radius 3 is 3.27 bits per heavy atom. The van der Waals surface area contributed by atoms with E-state index in [0.717, 1.165) is 24.4 Å². The molecule has 3 heteroatoms. The van der Waals surface area contributed by atoms with Gasteiger partial charge in [0.05, 0.1) is 11.6 Å². The predicted molar refractivity (Wildman–Crippen MR) is 45.5 cm³/mol. The summed E-state index contributed by atoms with van der Waals surface area (Å²) in [5.41, 5.74) is 2.29. The van der Waals surface area contributed by atoms with Crippen LogP contribution in [-0.4, -0.2) is 9.97 Å². The van der Waals surface area contributed by atoms with Gasteiger partial charge in [-0.2, -0.15) is 0 Å². The van der Waals surface area contributed by atoms with Gasteiger partial charge in [-0.15, -0.1) is 11.6 Å². The molecule has 1 heterocycles. The smallest absolute Gasteiger partial charge is 0.121 e. The number of allylic oxidation sites excluding steroid dienone is 1. The lowest BCUT2D eigenvalue weighted by Crippen LogP contribution is -1.91. The fourth-order valence-corrected chi connectivity index (χ4v) is 1.42. The number of rotatable bonds is 1. The minimum Gasteiger partial charge on any atom is -0.344 e. The second kappa shape index (κ2) is 2.70. The molecule has 0 aromatic carbocycles. The van der Waals surface area contributed by atoms with Crippen molar-refractivity contribution in [3.8, 4) is 0 Å². The van der Waals surface area contributed by atoms with Gasteiger partial charge in [-0.25, -0.2) is 4.98 Å². The van der Waals surface area contributed by atoms with Crippen molar-refractivity contribution in [3.63, 3.8) is 0 Å². The van der Waals surface area contributed by atoms with Crippen LogP contribution in [0.1, 0.15) is 23.6 Å². The highest BCUT2D eigenvalue weighted by Crippen LogP contribution is 2.16. The SMILES string of the molecule is ClCc1nc2c([nH]1)CCC=C2. The molecule has 1 N–H and O–H groups in total. The topological polar surface area (TPSA) is 28.7 Å². The van der Waals surface area contributed by atoms with Gasteiger partial charge in [0.2, 0.25) is 0 Å². The second-order valence-corrected chi connectivity index (χ2v) is 2.89. The van der Waals surface area contributed by atoms with Crippen molar-refractivity contribution in [2.45, 2.75) is 18.7 Å². The number of nitrogens with zero attached hydrogens (tertiary/aromatic N) is 1. The molecule has 0 bridgehead atoms. The number of imidazole rings is 1. The average molecular weight is 169 g/mol. The van der Waals surface area contributed by atoms with Crippen LogP contribution in [-0.2, 0) is 12.3 Å². The van der Waals surface area contributed by atoms with Gasteiger partial charge in [0.1, 0.15) is 5.82 Å². The predicted octanol–water partition coefficient (Wildman–Crippen LogP) is 2.11. The molecule has 11 heavy (non-hydrogen) atoms. The highest BCUT2D eigenvalue weighted by atomic mass is 35.5. The maximum absolute atomic E-state index is 5.63. The van der Waals surface area contributed by atoms with Crippen LogP contribution in [0.25, 0.3) is 6.08 Å². The van der Waals surface area contributed by atoms with Crippen LogP contribution in [0.15, 0.2) is 6.08 Å². The highest BCUT2D eigenvalue weighted by Gasteiger charge is 2.08. The monoisotopic (exact) mass is 168 g/mol. The number of hydrogen-bond acceptors (Lipinski definition) is 1. The largest absolute Gasteiger partial charge is 0.344 e. The van der Waals surface area contributed by atoms with Gasteiger partial charge < -0.3 is 4.98 Å². The van der Waals surface area contributed by atoms with Crippen molar-refractivity contribution in [2.24, 2.45) is 0 Å². The summed E-state index contributed by atoms with van der Waals surface area (Å²) in [7, 11) is 0. The summed E-state index contributed by atoms with van der Waals surface area (Å²) in [6.45, 7) is 0. The van der Waals surface area contributed by atoms with Crippen molar-refractivity contribution in [1.82, 2.24) is 9.97 Å². The zero-order valence-electron chi connectivity index (χ0n) is 6.10. The van der Waals surface area contributed by atoms with E-state index in [1.54, 1.807) is 0 Å². The molecule has 1 aromatic rings. The standard InChI is InChI=1S/C8H9ClN2/c9-5-8-10-6-3-1-2-4-7(6)11-8/h1,3H,2,4-5H2,(H,10,11). The van der Waals surface area contributed by atoms with E-state index in [4.69, 9.17) is 11.6 Å². The Balaban J connectivity index is 2.42. The van der Waals surface area contributed by atoms with Crippen molar-refractivity contribution in [2.75, 3.05) is 0 Å². The quantitative estimate of drug-likeness (QED) is 0.640. The molecule has 0 atom stereocenters. The number of halogens is 1. The summed E-state index contributed by atoms with van der Waals surface area (Å²) in [5, 5.41) is 0. The van der Waals surface area contributed by atoms with E-state index >= 15 is 0 Å². The van der Waals surface area contributed by atoms with E-state index in [1.807, 2.05) is 6.08 Å². The number of fused-ring (bicyclic) bond motifs is 1. The number of nitrogens with one attached hydrogen (secondary N) is 1. The fourth-order valence-electron chi connectivity index (χ4n) is 1.29. The van der Waals surface area contributed by atoms with Crippen LogP contribution in [0.3, 0.4) is 0 Å². The molecule has 58 valence electrons. The molecule has 0 radical (unpaired) electrons. The Morgan fingerprint density at radius 2 is 2.55 bits per heavy atom.